The average Bonchev–Trinajstić information content (AvgIpc) is 3.14. The highest BCUT2D eigenvalue weighted by molar-refractivity contribution is 6.07. The standard InChI is InChI=1S/C18H20N4O3/c1-12-4-6-13(7-5-12)17(23)22-16-15(19-8-9-20-16)18(24)21-11-14-3-2-10-25-14/h4-9,14H,2-3,10-11H2,1H3,(H,21,24)(H,20,22,23)/t14-/m1/s1. The molecule has 1 atom stereocenters. The van der Waals surface area contributed by atoms with Crippen LogP contribution in [-0.4, -0.2) is 41.0 Å². The molecule has 3 rings (SSSR count). The van der Waals surface area contributed by atoms with Gasteiger partial charge in [-0.05, 0) is 31.9 Å². The van der Waals surface area contributed by atoms with Crippen molar-refractivity contribution in [1.29, 1.82) is 0 Å². The number of carbonyl (C=O) groups excluding carboxylic acids is 2. The van der Waals surface area contributed by atoms with Crippen molar-refractivity contribution in [2.45, 2.75) is 25.9 Å². The molecule has 0 bridgehead atoms. The van der Waals surface area contributed by atoms with Gasteiger partial charge in [0, 0.05) is 31.1 Å². The van der Waals surface area contributed by atoms with Crippen molar-refractivity contribution in [3.63, 3.8) is 0 Å². The first-order valence-corrected chi connectivity index (χ1v) is 8.22. The van der Waals surface area contributed by atoms with Crippen molar-refractivity contribution in [2.24, 2.45) is 0 Å². The van der Waals surface area contributed by atoms with Crippen molar-refractivity contribution in [3.8, 4) is 0 Å². The summed E-state index contributed by atoms with van der Waals surface area (Å²) < 4.78 is 5.48. The van der Waals surface area contributed by atoms with E-state index >= 15 is 0 Å². The number of anilines is 1. The summed E-state index contributed by atoms with van der Waals surface area (Å²) in [6.45, 7) is 3.09. The van der Waals surface area contributed by atoms with Gasteiger partial charge in [0.05, 0.1) is 6.10 Å². The van der Waals surface area contributed by atoms with Gasteiger partial charge in [0.1, 0.15) is 0 Å². The fourth-order valence-corrected chi connectivity index (χ4v) is 2.58. The van der Waals surface area contributed by atoms with Crippen molar-refractivity contribution in [3.05, 3.63) is 53.5 Å². The van der Waals surface area contributed by atoms with Crippen LogP contribution >= 0.6 is 0 Å². The van der Waals surface area contributed by atoms with E-state index in [9.17, 15) is 9.59 Å². The molecular formula is C18H20N4O3. The van der Waals surface area contributed by atoms with Crippen LogP contribution < -0.4 is 10.6 Å². The zero-order valence-corrected chi connectivity index (χ0v) is 14.0. The van der Waals surface area contributed by atoms with Crippen LogP contribution in [0, 0.1) is 6.92 Å². The molecule has 2 heterocycles. The third kappa shape index (κ3) is 4.39. The lowest BCUT2D eigenvalue weighted by Gasteiger charge is -2.12. The molecular weight excluding hydrogens is 320 g/mol. The van der Waals surface area contributed by atoms with Gasteiger partial charge >= 0.3 is 0 Å². The van der Waals surface area contributed by atoms with E-state index < -0.39 is 0 Å². The summed E-state index contributed by atoms with van der Waals surface area (Å²) >= 11 is 0. The number of carbonyl (C=O) groups is 2. The number of hydrogen-bond acceptors (Lipinski definition) is 5. The largest absolute Gasteiger partial charge is 0.376 e. The van der Waals surface area contributed by atoms with Gasteiger partial charge in [0.15, 0.2) is 11.5 Å². The van der Waals surface area contributed by atoms with Crippen molar-refractivity contribution in [1.82, 2.24) is 15.3 Å². The summed E-state index contributed by atoms with van der Waals surface area (Å²) in [6.07, 6.45) is 4.82. The number of hydrogen-bond donors (Lipinski definition) is 2. The molecule has 1 fully saturated rings. The molecule has 2 N–H and O–H groups in total. The minimum absolute atomic E-state index is 0.0335. The normalized spacial score (nSPS) is 16.4. The molecule has 1 aromatic carbocycles. The number of rotatable bonds is 5. The Hall–Kier alpha value is -2.80. The highest BCUT2D eigenvalue weighted by Crippen LogP contribution is 2.13. The number of amides is 2. The third-order valence-electron chi connectivity index (χ3n) is 3.97. The maximum atomic E-state index is 12.4. The van der Waals surface area contributed by atoms with E-state index in [0.717, 1.165) is 25.0 Å². The van der Waals surface area contributed by atoms with Gasteiger partial charge in [0.2, 0.25) is 0 Å². The summed E-state index contributed by atoms with van der Waals surface area (Å²) in [5.41, 5.74) is 1.63. The number of ether oxygens (including phenoxy) is 1. The predicted octanol–water partition coefficient (Wildman–Crippen LogP) is 1.95. The van der Waals surface area contributed by atoms with Crippen molar-refractivity contribution >= 4 is 17.6 Å². The van der Waals surface area contributed by atoms with Crippen LogP contribution in [0.3, 0.4) is 0 Å². The van der Waals surface area contributed by atoms with E-state index in [1.54, 1.807) is 12.1 Å². The maximum absolute atomic E-state index is 12.4. The second-order valence-corrected chi connectivity index (χ2v) is 5.92. The van der Waals surface area contributed by atoms with Gasteiger partial charge in [0.25, 0.3) is 11.8 Å². The summed E-state index contributed by atoms with van der Waals surface area (Å²) in [7, 11) is 0. The molecule has 1 saturated heterocycles. The van der Waals surface area contributed by atoms with Gasteiger partial charge in [-0.3, -0.25) is 9.59 Å². The molecule has 0 saturated carbocycles. The van der Waals surface area contributed by atoms with Crippen molar-refractivity contribution < 1.29 is 14.3 Å². The smallest absolute Gasteiger partial charge is 0.273 e. The number of aryl methyl sites for hydroxylation is 1. The summed E-state index contributed by atoms with van der Waals surface area (Å²) in [5.74, 6) is -0.589. The van der Waals surface area contributed by atoms with E-state index in [1.165, 1.54) is 12.4 Å². The Morgan fingerprint density at radius 2 is 1.92 bits per heavy atom. The molecule has 2 amide bonds. The number of nitrogens with one attached hydrogen (secondary N) is 2. The second kappa shape index (κ2) is 7.85. The lowest BCUT2D eigenvalue weighted by molar-refractivity contribution is 0.0854. The Bertz CT molecular complexity index is 755. The van der Waals surface area contributed by atoms with Crippen LogP contribution in [0.15, 0.2) is 36.7 Å². The molecule has 7 heteroatoms. The van der Waals surface area contributed by atoms with Crippen LogP contribution in [-0.2, 0) is 4.74 Å². The van der Waals surface area contributed by atoms with Crippen LogP contribution in [0.5, 0.6) is 0 Å². The van der Waals surface area contributed by atoms with Gasteiger partial charge in [-0.2, -0.15) is 0 Å². The minimum atomic E-state index is -0.386. The lowest BCUT2D eigenvalue weighted by Crippen LogP contribution is -2.33. The van der Waals surface area contributed by atoms with E-state index in [0.29, 0.717) is 12.1 Å². The Kier molecular flexibility index (Phi) is 5.35. The Morgan fingerprint density at radius 1 is 1.16 bits per heavy atom. The summed E-state index contributed by atoms with van der Waals surface area (Å²) in [4.78, 5) is 32.8. The molecule has 25 heavy (non-hydrogen) atoms. The quantitative estimate of drug-likeness (QED) is 0.868. The highest BCUT2D eigenvalue weighted by atomic mass is 16.5. The topological polar surface area (TPSA) is 93.2 Å². The molecule has 1 aliphatic rings. The molecule has 0 radical (unpaired) electrons. The Morgan fingerprint density at radius 3 is 2.64 bits per heavy atom. The van der Waals surface area contributed by atoms with Crippen LogP contribution in [0.4, 0.5) is 5.82 Å². The third-order valence-corrected chi connectivity index (χ3v) is 3.97. The SMILES string of the molecule is Cc1ccc(C(=O)Nc2nccnc2C(=O)NC[C@H]2CCCO2)cc1. The number of nitrogens with zero attached hydrogens (tertiary/aromatic N) is 2. The molecule has 0 spiro atoms. The first-order valence-electron chi connectivity index (χ1n) is 8.22. The van der Waals surface area contributed by atoms with Crippen LogP contribution in [0.2, 0.25) is 0 Å². The zero-order valence-electron chi connectivity index (χ0n) is 14.0. The van der Waals surface area contributed by atoms with E-state index in [4.69, 9.17) is 4.74 Å². The molecule has 1 aromatic heterocycles. The van der Waals surface area contributed by atoms with Gasteiger partial charge < -0.3 is 15.4 Å². The summed E-state index contributed by atoms with van der Waals surface area (Å²) in [5, 5.41) is 5.43. The molecule has 0 aliphatic carbocycles. The molecule has 7 nitrogen and oxygen atoms in total. The first kappa shape index (κ1) is 17.0. The average molecular weight is 340 g/mol. The molecule has 1 aliphatic heterocycles. The minimum Gasteiger partial charge on any atom is -0.376 e. The van der Waals surface area contributed by atoms with E-state index in [2.05, 4.69) is 20.6 Å². The van der Waals surface area contributed by atoms with Crippen LogP contribution in [0.1, 0.15) is 39.3 Å². The zero-order chi connectivity index (χ0) is 17.6. The summed E-state index contributed by atoms with van der Waals surface area (Å²) in [6, 6.07) is 7.14. The fourth-order valence-electron chi connectivity index (χ4n) is 2.58. The number of aromatic nitrogens is 2. The maximum Gasteiger partial charge on any atom is 0.273 e. The van der Waals surface area contributed by atoms with E-state index in [-0.39, 0.29) is 29.4 Å². The molecule has 2 aromatic rings. The molecule has 0 unspecified atom stereocenters. The van der Waals surface area contributed by atoms with Gasteiger partial charge in [-0.25, -0.2) is 9.97 Å². The highest BCUT2D eigenvalue weighted by Gasteiger charge is 2.20. The second-order valence-electron chi connectivity index (χ2n) is 5.92. The fraction of sp³-hybridized carbons (Fsp3) is 0.333. The van der Waals surface area contributed by atoms with E-state index in [1.807, 2.05) is 19.1 Å². The van der Waals surface area contributed by atoms with Gasteiger partial charge in [-0.1, -0.05) is 17.7 Å². The predicted molar refractivity (Wildman–Crippen MR) is 92.5 cm³/mol. The first-order chi connectivity index (χ1) is 12.1. The van der Waals surface area contributed by atoms with Crippen LogP contribution in [0.25, 0.3) is 0 Å². The number of benzene rings is 1. The lowest BCUT2D eigenvalue weighted by atomic mass is 10.1. The van der Waals surface area contributed by atoms with Gasteiger partial charge in [-0.15, -0.1) is 0 Å². The van der Waals surface area contributed by atoms with Crippen molar-refractivity contribution in [2.75, 3.05) is 18.5 Å². The Balaban J connectivity index is 1.68. The Labute approximate surface area is 145 Å². The monoisotopic (exact) mass is 340 g/mol. The molecule has 130 valence electrons.